The minimum Gasteiger partial charge on any atom is -0.377 e. The van der Waals surface area contributed by atoms with Gasteiger partial charge in [-0.2, -0.15) is 0 Å². The van der Waals surface area contributed by atoms with Crippen molar-refractivity contribution in [3.05, 3.63) is 35.9 Å². The third-order valence-electron chi connectivity index (χ3n) is 2.28. The van der Waals surface area contributed by atoms with Gasteiger partial charge in [-0.05, 0) is 24.6 Å². The number of para-hydroxylation sites is 1. The monoisotopic (exact) mass is 202 g/mol. The lowest BCUT2D eigenvalue weighted by atomic mass is 10.1. The van der Waals surface area contributed by atoms with Crippen LogP contribution in [0.25, 0.3) is 6.08 Å². The number of allylic oxidation sites excluding steroid dienone is 1. The van der Waals surface area contributed by atoms with E-state index in [-0.39, 0.29) is 0 Å². The molecule has 1 aromatic rings. The van der Waals surface area contributed by atoms with E-state index in [2.05, 4.69) is 28.1 Å². The summed E-state index contributed by atoms with van der Waals surface area (Å²) in [6, 6.07) is 8.31. The Balaban J connectivity index is 2.99. The van der Waals surface area contributed by atoms with Crippen molar-refractivity contribution in [3.63, 3.8) is 0 Å². The van der Waals surface area contributed by atoms with Crippen LogP contribution in [0.3, 0.4) is 0 Å². The average molecular weight is 202 g/mol. The number of hydrogen-bond donors (Lipinski definition) is 0. The lowest BCUT2D eigenvalue weighted by Gasteiger charge is -2.15. The molecule has 0 aliphatic rings. The predicted molar refractivity (Wildman–Crippen MR) is 68.8 cm³/mol. The van der Waals surface area contributed by atoms with Crippen LogP contribution < -0.4 is 4.90 Å². The summed E-state index contributed by atoms with van der Waals surface area (Å²) in [6.07, 6.45) is 4.12. The summed E-state index contributed by atoms with van der Waals surface area (Å²) in [5.41, 5.74) is 3.46. The molecule has 0 saturated carbocycles. The van der Waals surface area contributed by atoms with Crippen LogP contribution in [0.5, 0.6) is 0 Å². The zero-order valence-corrected chi connectivity index (χ0v) is 9.86. The summed E-state index contributed by atoms with van der Waals surface area (Å²) in [6.45, 7) is 1.99. The molecule has 0 aliphatic carbocycles. The molecule has 2 heteroatoms. The van der Waals surface area contributed by atoms with Gasteiger partial charge >= 0.3 is 0 Å². The second-order valence-electron chi connectivity index (χ2n) is 3.65. The minimum absolute atomic E-state index is 1.03. The number of anilines is 1. The van der Waals surface area contributed by atoms with E-state index in [0.717, 1.165) is 5.71 Å². The van der Waals surface area contributed by atoms with E-state index in [1.54, 1.807) is 7.05 Å². The largest absolute Gasteiger partial charge is 0.377 e. The van der Waals surface area contributed by atoms with Gasteiger partial charge in [0.2, 0.25) is 0 Å². The van der Waals surface area contributed by atoms with Crippen LogP contribution in [0, 0.1) is 0 Å². The minimum atomic E-state index is 1.03. The Labute approximate surface area is 92.0 Å². The number of nitrogens with zero attached hydrogens (tertiary/aromatic N) is 2. The molecule has 0 aliphatic heterocycles. The van der Waals surface area contributed by atoms with E-state index < -0.39 is 0 Å². The average Bonchev–Trinajstić information content (AvgIpc) is 2.26. The lowest BCUT2D eigenvalue weighted by molar-refractivity contribution is 1.13. The molecular formula is C13H18N2. The Bertz CT molecular complexity index is 376. The van der Waals surface area contributed by atoms with E-state index in [9.17, 15) is 0 Å². The van der Waals surface area contributed by atoms with Crippen molar-refractivity contribution in [2.24, 2.45) is 4.99 Å². The Morgan fingerprint density at radius 1 is 1.27 bits per heavy atom. The van der Waals surface area contributed by atoms with Crippen molar-refractivity contribution in [1.82, 2.24) is 0 Å². The molecule has 0 amide bonds. The van der Waals surface area contributed by atoms with Crippen LogP contribution in [-0.2, 0) is 0 Å². The van der Waals surface area contributed by atoms with E-state index in [0.29, 0.717) is 0 Å². The van der Waals surface area contributed by atoms with Crippen LogP contribution in [0.2, 0.25) is 0 Å². The van der Waals surface area contributed by atoms with Gasteiger partial charge < -0.3 is 4.90 Å². The first kappa shape index (κ1) is 11.5. The zero-order valence-electron chi connectivity index (χ0n) is 9.86. The first-order chi connectivity index (χ1) is 7.15. The smallest absolute Gasteiger partial charge is 0.0434 e. The Morgan fingerprint density at radius 3 is 2.53 bits per heavy atom. The molecule has 0 aromatic heterocycles. The highest BCUT2D eigenvalue weighted by molar-refractivity contribution is 5.96. The third-order valence-corrected chi connectivity index (χ3v) is 2.28. The maximum absolute atomic E-state index is 4.09. The molecule has 15 heavy (non-hydrogen) atoms. The fourth-order valence-electron chi connectivity index (χ4n) is 1.32. The molecule has 0 bridgehead atoms. The molecular weight excluding hydrogens is 184 g/mol. The summed E-state index contributed by atoms with van der Waals surface area (Å²) in [7, 11) is 5.90. The van der Waals surface area contributed by atoms with Gasteiger partial charge in [0, 0.05) is 32.5 Å². The summed E-state index contributed by atoms with van der Waals surface area (Å²) >= 11 is 0. The second-order valence-corrected chi connectivity index (χ2v) is 3.65. The van der Waals surface area contributed by atoms with Crippen molar-refractivity contribution in [2.75, 3.05) is 26.0 Å². The van der Waals surface area contributed by atoms with Crippen LogP contribution in [0.1, 0.15) is 12.5 Å². The fraction of sp³-hybridized carbons (Fsp3) is 0.308. The van der Waals surface area contributed by atoms with Gasteiger partial charge in [0.05, 0.1) is 0 Å². The Hall–Kier alpha value is -1.57. The van der Waals surface area contributed by atoms with Gasteiger partial charge in [0.1, 0.15) is 0 Å². The first-order valence-corrected chi connectivity index (χ1v) is 5.03. The number of aliphatic imine (C=N–C) groups is 1. The van der Waals surface area contributed by atoms with Crippen molar-refractivity contribution in [3.8, 4) is 0 Å². The van der Waals surface area contributed by atoms with E-state index in [1.165, 1.54) is 11.3 Å². The predicted octanol–water partition coefficient (Wildman–Crippen LogP) is 2.86. The highest BCUT2D eigenvalue weighted by Gasteiger charge is 1.99. The molecule has 1 aromatic carbocycles. The van der Waals surface area contributed by atoms with Gasteiger partial charge in [-0.25, -0.2) is 0 Å². The van der Waals surface area contributed by atoms with Crippen molar-refractivity contribution in [2.45, 2.75) is 6.92 Å². The molecule has 1 rings (SSSR count). The molecule has 0 radical (unpaired) electrons. The summed E-state index contributed by atoms with van der Waals surface area (Å²) in [4.78, 5) is 6.20. The number of hydrogen-bond acceptors (Lipinski definition) is 2. The molecule has 0 atom stereocenters. The van der Waals surface area contributed by atoms with Crippen molar-refractivity contribution in [1.29, 1.82) is 0 Å². The maximum Gasteiger partial charge on any atom is 0.0434 e. The van der Waals surface area contributed by atoms with Gasteiger partial charge in [0.25, 0.3) is 0 Å². The SMILES string of the molecule is CN=C(C)/C=C/c1ccccc1N(C)C. The molecule has 0 unspecified atom stereocenters. The number of benzene rings is 1. The molecule has 0 heterocycles. The number of rotatable bonds is 3. The molecule has 0 saturated heterocycles. The standard InChI is InChI=1S/C13H18N2/c1-11(14-2)9-10-12-7-5-6-8-13(12)15(3)4/h5-10H,1-4H3/b10-9+,14-11?. The lowest BCUT2D eigenvalue weighted by Crippen LogP contribution is -2.09. The highest BCUT2D eigenvalue weighted by Crippen LogP contribution is 2.19. The molecule has 2 nitrogen and oxygen atoms in total. The van der Waals surface area contributed by atoms with Gasteiger partial charge in [-0.1, -0.05) is 24.3 Å². The van der Waals surface area contributed by atoms with Crippen LogP contribution in [-0.4, -0.2) is 26.9 Å². The van der Waals surface area contributed by atoms with E-state index in [4.69, 9.17) is 0 Å². The third kappa shape index (κ3) is 3.24. The topological polar surface area (TPSA) is 15.6 Å². The fourth-order valence-corrected chi connectivity index (χ4v) is 1.32. The van der Waals surface area contributed by atoms with Crippen molar-refractivity contribution >= 4 is 17.5 Å². The van der Waals surface area contributed by atoms with Gasteiger partial charge in [0.15, 0.2) is 0 Å². The second kappa shape index (κ2) is 5.35. The van der Waals surface area contributed by atoms with Gasteiger partial charge in [-0.15, -0.1) is 0 Å². The molecule has 80 valence electrons. The molecule has 0 fully saturated rings. The molecule has 0 N–H and O–H groups in total. The summed E-state index contributed by atoms with van der Waals surface area (Å²) in [5, 5.41) is 0. The highest BCUT2D eigenvalue weighted by atomic mass is 15.1. The van der Waals surface area contributed by atoms with Crippen LogP contribution in [0.4, 0.5) is 5.69 Å². The Morgan fingerprint density at radius 2 is 1.93 bits per heavy atom. The normalized spacial score (nSPS) is 12.1. The Kier molecular flexibility index (Phi) is 4.10. The first-order valence-electron chi connectivity index (χ1n) is 5.03. The molecule has 0 spiro atoms. The van der Waals surface area contributed by atoms with Gasteiger partial charge in [-0.3, -0.25) is 4.99 Å². The maximum atomic E-state index is 4.09. The quantitative estimate of drug-likeness (QED) is 0.688. The van der Waals surface area contributed by atoms with E-state index >= 15 is 0 Å². The van der Waals surface area contributed by atoms with Crippen LogP contribution in [0.15, 0.2) is 35.3 Å². The summed E-state index contributed by atoms with van der Waals surface area (Å²) in [5.74, 6) is 0. The zero-order chi connectivity index (χ0) is 11.3. The summed E-state index contributed by atoms with van der Waals surface area (Å²) < 4.78 is 0. The van der Waals surface area contributed by atoms with Crippen molar-refractivity contribution < 1.29 is 0 Å². The van der Waals surface area contributed by atoms with E-state index in [1.807, 2.05) is 39.2 Å². The van der Waals surface area contributed by atoms with Crippen LogP contribution >= 0.6 is 0 Å².